The molecule has 1 saturated carbocycles. The van der Waals surface area contributed by atoms with Gasteiger partial charge in [-0.15, -0.1) is 0 Å². The standard InChI is InChI=1S/C9H12N2O2S/c10-7(5-6-1-2-6)8-3-4-9(14-8)11(12)13/h3-4,6-7H,1-2,5,10H2/t7-/m1/s1. The van der Waals surface area contributed by atoms with Gasteiger partial charge in [-0.25, -0.2) is 0 Å². The molecule has 1 aliphatic carbocycles. The number of thiophene rings is 1. The monoisotopic (exact) mass is 212 g/mol. The Kier molecular flexibility index (Phi) is 2.52. The maximum Gasteiger partial charge on any atom is 0.324 e. The molecule has 14 heavy (non-hydrogen) atoms. The molecule has 1 atom stereocenters. The summed E-state index contributed by atoms with van der Waals surface area (Å²) in [6.45, 7) is 0. The Morgan fingerprint density at radius 1 is 1.64 bits per heavy atom. The van der Waals surface area contributed by atoms with E-state index >= 15 is 0 Å². The summed E-state index contributed by atoms with van der Waals surface area (Å²) >= 11 is 1.19. The molecule has 5 heteroatoms. The third-order valence-electron chi connectivity index (χ3n) is 2.44. The maximum absolute atomic E-state index is 10.4. The van der Waals surface area contributed by atoms with Gasteiger partial charge in [0.05, 0.1) is 4.92 Å². The van der Waals surface area contributed by atoms with E-state index < -0.39 is 0 Å². The fourth-order valence-corrected chi connectivity index (χ4v) is 2.30. The van der Waals surface area contributed by atoms with Crippen molar-refractivity contribution in [3.63, 3.8) is 0 Å². The Balaban J connectivity index is 2.03. The molecule has 0 amide bonds. The van der Waals surface area contributed by atoms with Gasteiger partial charge in [0.1, 0.15) is 0 Å². The van der Waals surface area contributed by atoms with E-state index in [9.17, 15) is 10.1 Å². The van der Waals surface area contributed by atoms with Crippen LogP contribution < -0.4 is 5.73 Å². The lowest BCUT2D eigenvalue weighted by atomic mass is 10.1. The highest BCUT2D eigenvalue weighted by Gasteiger charge is 2.25. The molecule has 0 aliphatic heterocycles. The van der Waals surface area contributed by atoms with Crippen molar-refractivity contribution in [1.82, 2.24) is 0 Å². The van der Waals surface area contributed by atoms with E-state index in [4.69, 9.17) is 5.73 Å². The molecule has 2 N–H and O–H groups in total. The van der Waals surface area contributed by atoms with E-state index in [0.717, 1.165) is 17.2 Å². The Morgan fingerprint density at radius 3 is 2.86 bits per heavy atom. The molecule has 1 aromatic heterocycles. The second-order valence-corrected chi connectivity index (χ2v) is 4.81. The largest absolute Gasteiger partial charge is 0.324 e. The van der Waals surface area contributed by atoms with E-state index in [2.05, 4.69) is 0 Å². The van der Waals surface area contributed by atoms with Gasteiger partial charge in [-0.05, 0) is 18.4 Å². The van der Waals surface area contributed by atoms with Gasteiger partial charge in [0.15, 0.2) is 0 Å². The first-order chi connectivity index (χ1) is 6.66. The molecule has 1 aliphatic rings. The summed E-state index contributed by atoms with van der Waals surface area (Å²) < 4.78 is 0. The summed E-state index contributed by atoms with van der Waals surface area (Å²) in [5.74, 6) is 0.756. The van der Waals surface area contributed by atoms with Crippen LogP contribution in [0.3, 0.4) is 0 Å². The molecule has 0 spiro atoms. The quantitative estimate of drug-likeness (QED) is 0.615. The molecular weight excluding hydrogens is 200 g/mol. The van der Waals surface area contributed by atoms with E-state index in [-0.39, 0.29) is 16.0 Å². The van der Waals surface area contributed by atoms with Gasteiger partial charge in [0.2, 0.25) is 0 Å². The Bertz CT molecular complexity index is 346. The van der Waals surface area contributed by atoms with Crippen LogP contribution in [0, 0.1) is 16.0 Å². The number of nitrogens with two attached hydrogens (primary N) is 1. The summed E-state index contributed by atoms with van der Waals surface area (Å²) in [4.78, 5) is 11.0. The minimum atomic E-state index is -0.363. The minimum Gasteiger partial charge on any atom is -0.323 e. The van der Waals surface area contributed by atoms with Crippen molar-refractivity contribution in [1.29, 1.82) is 0 Å². The molecule has 0 radical (unpaired) electrons. The van der Waals surface area contributed by atoms with Crippen LogP contribution in [0.15, 0.2) is 12.1 Å². The van der Waals surface area contributed by atoms with Gasteiger partial charge in [0, 0.05) is 17.0 Å². The van der Waals surface area contributed by atoms with Crippen molar-refractivity contribution in [2.45, 2.75) is 25.3 Å². The zero-order valence-electron chi connectivity index (χ0n) is 7.68. The van der Waals surface area contributed by atoms with E-state index in [1.165, 1.54) is 30.2 Å². The van der Waals surface area contributed by atoms with Crippen LogP contribution in [-0.4, -0.2) is 4.92 Å². The third kappa shape index (κ3) is 2.10. The van der Waals surface area contributed by atoms with Crippen molar-refractivity contribution in [3.8, 4) is 0 Å². The summed E-state index contributed by atoms with van der Waals surface area (Å²) in [6, 6.07) is 3.30. The molecule has 76 valence electrons. The van der Waals surface area contributed by atoms with Gasteiger partial charge in [0.25, 0.3) is 0 Å². The average Bonchev–Trinajstić information content (AvgIpc) is 2.81. The molecule has 1 aromatic rings. The molecule has 4 nitrogen and oxygen atoms in total. The lowest BCUT2D eigenvalue weighted by Gasteiger charge is -2.06. The predicted octanol–water partition coefficient (Wildman–Crippen LogP) is 2.46. The summed E-state index contributed by atoms with van der Waals surface area (Å²) in [5.41, 5.74) is 5.94. The second kappa shape index (κ2) is 3.67. The van der Waals surface area contributed by atoms with Crippen LogP contribution in [0.2, 0.25) is 0 Å². The minimum absolute atomic E-state index is 0.0128. The number of nitro groups is 1. The smallest absolute Gasteiger partial charge is 0.323 e. The van der Waals surface area contributed by atoms with E-state index in [1.807, 2.05) is 0 Å². The first-order valence-electron chi connectivity index (χ1n) is 4.66. The highest BCUT2D eigenvalue weighted by Crippen LogP contribution is 2.39. The second-order valence-electron chi connectivity index (χ2n) is 3.72. The maximum atomic E-state index is 10.4. The van der Waals surface area contributed by atoms with Crippen LogP contribution in [0.1, 0.15) is 30.2 Å². The Labute approximate surface area is 85.9 Å². The van der Waals surface area contributed by atoms with Gasteiger partial charge in [-0.2, -0.15) is 0 Å². The SMILES string of the molecule is N[C@H](CC1CC1)c1ccc([N+](=O)[O-])s1. The zero-order valence-corrected chi connectivity index (χ0v) is 8.50. The van der Waals surface area contributed by atoms with Gasteiger partial charge in [-0.3, -0.25) is 10.1 Å². The topological polar surface area (TPSA) is 69.2 Å². The highest BCUT2D eigenvalue weighted by molar-refractivity contribution is 7.15. The Hall–Kier alpha value is -0.940. The van der Waals surface area contributed by atoms with Gasteiger partial charge >= 0.3 is 5.00 Å². The molecule has 1 fully saturated rings. The van der Waals surface area contributed by atoms with Crippen molar-refractivity contribution in [3.05, 3.63) is 27.1 Å². The van der Waals surface area contributed by atoms with Gasteiger partial charge < -0.3 is 5.73 Å². The normalized spacial score (nSPS) is 18.1. The van der Waals surface area contributed by atoms with Crippen molar-refractivity contribution in [2.24, 2.45) is 11.7 Å². The average molecular weight is 212 g/mol. The van der Waals surface area contributed by atoms with Crippen LogP contribution in [-0.2, 0) is 0 Å². The van der Waals surface area contributed by atoms with Crippen molar-refractivity contribution in [2.75, 3.05) is 0 Å². The van der Waals surface area contributed by atoms with E-state index in [1.54, 1.807) is 6.07 Å². The van der Waals surface area contributed by atoms with Crippen molar-refractivity contribution >= 4 is 16.3 Å². The summed E-state index contributed by atoms with van der Waals surface area (Å²) in [6.07, 6.45) is 3.50. The number of hydrogen-bond donors (Lipinski definition) is 1. The zero-order chi connectivity index (χ0) is 10.1. The molecule has 0 saturated heterocycles. The predicted molar refractivity (Wildman–Crippen MR) is 55.2 cm³/mol. The van der Waals surface area contributed by atoms with Gasteiger partial charge in [-0.1, -0.05) is 24.2 Å². The van der Waals surface area contributed by atoms with Crippen LogP contribution in [0.4, 0.5) is 5.00 Å². The summed E-state index contributed by atoms with van der Waals surface area (Å²) in [5, 5.41) is 10.6. The number of nitrogens with zero attached hydrogens (tertiary/aromatic N) is 1. The third-order valence-corrected chi connectivity index (χ3v) is 3.61. The molecular formula is C9H12N2O2S. The summed E-state index contributed by atoms with van der Waals surface area (Å²) in [7, 11) is 0. The highest BCUT2D eigenvalue weighted by atomic mass is 32.1. The fraction of sp³-hybridized carbons (Fsp3) is 0.556. The number of rotatable bonds is 4. The first-order valence-corrected chi connectivity index (χ1v) is 5.48. The fourth-order valence-electron chi connectivity index (χ4n) is 1.47. The number of hydrogen-bond acceptors (Lipinski definition) is 4. The molecule has 0 bridgehead atoms. The van der Waals surface area contributed by atoms with Crippen LogP contribution in [0.5, 0.6) is 0 Å². The first kappa shape index (κ1) is 9.61. The molecule has 1 heterocycles. The van der Waals surface area contributed by atoms with E-state index in [0.29, 0.717) is 0 Å². The molecule has 0 aromatic carbocycles. The molecule has 0 unspecified atom stereocenters. The van der Waals surface area contributed by atoms with Crippen LogP contribution in [0.25, 0.3) is 0 Å². The molecule has 2 rings (SSSR count). The lowest BCUT2D eigenvalue weighted by Crippen LogP contribution is -2.08. The van der Waals surface area contributed by atoms with Crippen molar-refractivity contribution < 1.29 is 4.92 Å². The van der Waals surface area contributed by atoms with Crippen LogP contribution >= 0.6 is 11.3 Å². The lowest BCUT2D eigenvalue weighted by molar-refractivity contribution is -0.380. The Morgan fingerprint density at radius 2 is 2.36 bits per heavy atom.